The van der Waals surface area contributed by atoms with Crippen LogP contribution in [0.3, 0.4) is 0 Å². The summed E-state index contributed by atoms with van der Waals surface area (Å²) in [6.45, 7) is -0.861. The van der Waals surface area contributed by atoms with Crippen molar-refractivity contribution in [1.82, 2.24) is 0 Å². The molecule has 0 saturated heterocycles. The molecule has 21 heavy (non-hydrogen) atoms. The van der Waals surface area contributed by atoms with Crippen LogP contribution in [0.5, 0.6) is 5.75 Å². The molecule has 0 amide bonds. The summed E-state index contributed by atoms with van der Waals surface area (Å²) >= 11 is 0. The Hall–Kier alpha value is -2.17. The van der Waals surface area contributed by atoms with Gasteiger partial charge >= 0.3 is 6.61 Å². The Bertz CT molecular complexity index is 572. The monoisotopic (exact) mass is 295 g/mol. The largest absolute Gasteiger partial charge is 0.435 e. The van der Waals surface area contributed by atoms with Crippen LogP contribution in [0, 0.1) is 5.82 Å². The van der Waals surface area contributed by atoms with Crippen molar-refractivity contribution in [2.45, 2.75) is 26.0 Å². The van der Waals surface area contributed by atoms with Crippen LogP contribution < -0.4 is 10.1 Å². The van der Waals surface area contributed by atoms with E-state index < -0.39 is 6.61 Å². The Morgan fingerprint density at radius 2 is 1.81 bits per heavy atom. The zero-order valence-electron chi connectivity index (χ0n) is 11.5. The number of ether oxygens (including phenoxy) is 1. The first kappa shape index (κ1) is 15.2. The SMILES string of the molecule is CCC(Nc1cccc(OC(F)F)c1)c1ccc(F)cc1. The Labute approximate surface area is 121 Å². The molecule has 0 saturated carbocycles. The van der Waals surface area contributed by atoms with Gasteiger partial charge in [0, 0.05) is 11.8 Å². The van der Waals surface area contributed by atoms with Gasteiger partial charge in [0.05, 0.1) is 6.04 Å². The molecule has 0 fully saturated rings. The zero-order chi connectivity index (χ0) is 15.2. The van der Waals surface area contributed by atoms with Crippen LogP contribution in [-0.2, 0) is 0 Å². The van der Waals surface area contributed by atoms with Crippen LogP contribution in [-0.4, -0.2) is 6.61 Å². The van der Waals surface area contributed by atoms with Crippen LogP contribution in [0.4, 0.5) is 18.9 Å². The molecule has 0 radical (unpaired) electrons. The summed E-state index contributed by atoms with van der Waals surface area (Å²) in [6.07, 6.45) is 0.769. The predicted molar refractivity (Wildman–Crippen MR) is 76.1 cm³/mol. The fraction of sp³-hybridized carbons (Fsp3) is 0.250. The summed E-state index contributed by atoms with van der Waals surface area (Å²) in [5, 5.41) is 3.23. The van der Waals surface area contributed by atoms with E-state index in [4.69, 9.17) is 0 Å². The van der Waals surface area contributed by atoms with Crippen molar-refractivity contribution < 1.29 is 17.9 Å². The maximum Gasteiger partial charge on any atom is 0.387 e. The van der Waals surface area contributed by atoms with E-state index in [0.29, 0.717) is 5.69 Å². The van der Waals surface area contributed by atoms with Crippen LogP contribution in [0.1, 0.15) is 24.9 Å². The van der Waals surface area contributed by atoms with Gasteiger partial charge in [0.1, 0.15) is 11.6 Å². The van der Waals surface area contributed by atoms with Gasteiger partial charge < -0.3 is 10.1 Å². The first-order valence-electron chi connectivity index (χ1n) is 6.65. The Morgan fingerprint density at radius 3 is 2.43 bits per heavy atom. The topological polar surface area (TPSA) is 21.3 Å². The third-order valence-corrected chi connectivity index (χ3v) is 3.08. The number of benzene rings is 2. The fourth-order valence-corrected chi connectivity index (χ4v) is 2.08. The van der Waals surface area contributed by atoms with Crippen LogP contribution in [0.15, 0.2) is 48.5 Å². The standard InChI is InChI=1S/C16H16F3NO/c1-2-15(11-6-8-12(17)9-7-11)20-13-4-3-5-14(10-13)21-16(18)19/h3-10,15-16,20H,2H2,1H3. The summed E-state index contributed by atoms with van der Waals surface area (Å²) in [4.78, 5) is 0. The first-order chi connectivity index (χ1) is 10.1. The van der Waals surface area contributed by atoms with Gasteiger partial charge in [-0.05, 0) is 36.2 Å². The molecule has 2 rings (SSSR count). The molecule has 2 nitrogen and oxygen atoms in total. The highest BCUT2D eigenvalue weighted by molar-refractivity contribution is 5.50. The van der Waals surface area contributed by atoms with E-state index in [1.807, 2.05) is 6.92 Å². The van der Waals surface area contributed by atoms with Crippen molar-refractivity contribution in [3.05, 3.63) is 59.9 Å². The minimum absolute atomic E-state index is 0.0348. The molecule has 0 spiro atoms. The fourth-order valence-electron chi connectivity index (χ4n) is 2.08. The minimum Gasteiger partial charge on any atom is -0.435 e. The average molecular weight is 295 g/mol. The van der Waals surface area contributed by atoms with Crippen molar-refractivity contribution in [2.75, 3.05) is 5.32 Å². The molecule has 2 aromatic rings. The second kappa shape index (κ2) is 7.02. The van der Waals surface area contributed by atoms with Crippen molar-refractivity contribution in [3.8, 4) is 5.75 Å². The number of anilines is 1. The number of halogens is 3. The number of hydrogen-bond acceptors (Lipinski definition) is 2. The number of alkyl halides is 2. The maximum absolute atomic E-state index is 12.9. The van der Waals surface area contributed by atoms with Crippen LogP contribution >= 0.6 is 0 Å². The molecular weight excluding hydrogens is 279 g/mol. The van der Waals surface area contributed by atoms with Gasteiger partial charge in [-0.3, -0.25) is 0 Å². The van der Waals surface area contributed by atoms with E-state index in [2.05, 4.69) is 10.1 Å². The molecule has 0 aliphatic heterocycles. The van der Waals surface area contributed by atoms with Gasteiger partial charge in [0.2, 0.25) is 0 Å². The minimum atomic E-state index is -2.85. The van der Waals surface area contributed by atoms with Crippen LogP contribution in [0.25, 0.3) is 0 Å². The molecule has 1 unspecified atom stereocenters. The Balaban J connectivity index is 2.13. The molecule has 0 heterocycles. The molecule has 0 aliphatic carbocycles. The lowest BCUT2D eigenvalue weighted by Crippen LogP contribution is -2.10. The lowest BCUT2D eigenvalue weighted by Gasteiger charge is -2.19. The summed E-state index contributed by atoms with van der Waals surface area (Å²) in [7, 11) is 0. The highest BCUT2D eigenvalue weighted by Crippen LogP contribution is 2.25. The lowest BCUT2D eigenvalue weighted by atomic mass is 10.0. The highest BCUT2D eigenvalue weighted by atomic mass is 19.3. The van der Waals surface area contributed by atoms with Gasteiger partial charge in [0.25, 0.3) is 0 Å². The highest BCUT2D eigenvalue weighted by Gasteiger charge is 2.10. The van der Waals surface area contributed by atoms with Gasteiger partial charge in [0.15, 0.2) is 0 Å². The third-order valence-electron chi connectivity index (χ3n) is 3.08. The average Bonchev–Trinajstić information content (AvgIpc) is 2.45. The predicted octanol–water partition coefficient (Wildman–Crippen LogP) is 4.99. The third kappa shape index (κ3) is 4.41. The molecule has 0 bridgehead atoms. The molecule has 0 aromatic heterocycles. The van der Waals surface area contributed by atoms with E-state index in [0.717, 1.165) is 12.0 Å². The van der Waals surface area contributed by atoms with Crippen molar-refractivity contribution in [1.29, 1.82) is 0 Å². The second-order valence-electron chi connectivity index (χ2n) is 4.56. The van der Waals surface area contributed by atoms with Crippen molar-refractivity contribution >= 4 is 5.69 Å². The molecule has 2 aromatic carbocycles. The van der Waals surface area contributed by atoms with Crippen molar-refractivity contribution in [2.24, 2.45) is 0 Å². The van der Waals surface area contributed by atoms with Gasteiger partial charge in [-0.2, -0.15) is 8.78 Å². The number of hydrogen-bond donors (Lipinski definition) is 1. The molecule has 1 N–H and O–H groups in total. The first-order valence-corrected chi connectivity index (χ1v) is 6.65. The maximum atomic E-state index is 12.9. The smallest absolute Gasteiger partial charge is 0.387 e. The Kier molecular flexibility index (Phi) is 5.09. The molecule has 112 valence electrons. The van der Waals surface area contributed by atoms with Crippen LogP contribution in [0.2, 0.25) is 0 Å². The summed E-state index contributed by atoms with van der Waals surface area (Å²) < 4.78 is 41.7. The second-order valence-corrected chi connectivity index (χ2v) is 4.56. The van der Waals surface area contributed by atoms with E-state index in [9.17, 15) is 13.2 Å². The summed E-state index contributed by atoms with van der Waals surface area (Å²) in [6, 6.07) is 12.6. The van der Waals surface area contributed by atoms with Gasteiger partial charge in [-0.15, -0.1) is 0 Å². The number of nitrogens with one attached hydrogen (secondary N) is 1. The Morgan fingerprint density at radius 1 is 1.10 bits per heavy atom. The lowest BCUT2D eigenvalue weighted by molar-refractivity contribution is -0.0498. The summed E-state index contributed by atoms with van der Waals surface area (Å²) in [5.74, 6) is -0.190. The van der Waals surface area contributed by atoms with E-state index in [1.165, 1.54) is 24.3 Å². The molecule has 0 aliphatic rings. The molecular formula is C16H16F3NO. The molecule has 5 heteroatoms. The zero-order valence-corrected chi connectivity index (χ0v) is 11.5. The molecule has 1 atom stereocenters. The van der Waals surface area contributed by atoms with E-state index in [-0.39, 0.29) is 17.6 Å². The van der Waals surface area contributed by atoms with E-state index >= 15 is 0 Å². The quantitative estimate of drug-likeness (QED) is 0.810. The van der Waals surface area contributed by atoms with Gasteiger partial charge in [-0.25, -0.2) is 4.39 Å². The normalized spacial score (nSPS) is 12.2. The number of rotatable bonds is 6. The van der Waals surface area contributed by atoms with Gasteiger partial charge in [-0.1, -0.05) is 25.1 Å². The summed E-state index contributed by atoms with van der Waals surface area (Å²) in [5.41, 5.74) is 1.60. The van der Waals surface area contributed by atoms with Crippen molar-refractivity contribution in [3.63, 3.8) is 0 Å². The van der Waals surface area contributed by atoms with E-state index in [1.54, 1.807) is 24.3 Å².